The lowest BCUT2D eigenvalue weighted by Crippen LogP contribution is -2.32. The minimum Gasteiger partial charge on any atom is -0.466 e. The van der Waals surface area contributed by atoms with Crippen molar-refractivity contribution < 1.29 is 9.53 Å². The number of hydrogen-bond donors (Lipinski definition) is 1. The van der Waals surface area contributed by atoms with Crippen LogP contribution in [0.25, 0.3) is 0 Å². The van der Waals surface area contributed by atoms with E-state index in [0.29, 0.717) is 12.6 Å². The third-order valence-electron chi connectivity index (χ3n) is 3.49. The molecule has 1 saturated carbocycles. The molecule has 4 heteroatoms. The molecule has 0 aliphatic heterocycles. The second kappa shape index (κ2) is 6.94. The monoisotopic (exact) mass is 325 g/mol. The number of halogens is 1. The van der Waals surface area contributed by atoms with E-state index in [0.717, 1.165) is 35.8 Å². The summed E-state index contributed by atoms with van der Waals surface area (Å²) in [4.78, 5) is 11.8. The predicted molar refractivity (Wildman–Crippen MR) is 80.1 cm³/mol. The zero-order valence-corrected chi connectivity index (χ0v) is 12.8. The molecule has 1 N–H and O–H groups in total. The minimum atomic E-state index is -0.0387. The van der Waals surface area contributed by atoms with Crippen LogP contribution in [-0.2, 0) is 9.53 Å². The van der Waals surface area contributed by atoms with Gasteiger partial charge in [-0.2, -0.15) is 0 Å². The van der Waals surface area contributed by atoms with Crippen LogP contribution in [0.2, 0.25) is 0 Å². The Balaban J connectivity index is 1.92. The summed E-state index contributed by atoms with van der Waals surface area (Å²) in [5, 5.41) is 3.51. The Morgan fingerprint density at radius 2 is 2.32 bits per heavy atom. The number of nitrogens with one attached hydrogen (secondary N) is 1. The van der Waals surface area contributed by atoms with Gasteiger partial charge in [-0.25, -0.2) is 0 Å². The van der Waals surface area contributed by atoms with Crippen molar-refractivity contribution in [3.63, 3.8) is 0 Å². The molecule has 0 amide bonds. The van der Waals surface area contributed by atoms with E-state index in [9.17, 15) is 4.79 Å². The van der Waals surface area contributed by atoms with Crippen molar-refractivity contribution in [2.75, 3.05) is 11.9 Å². The topological polar surface area (TPSA) is 38.3 Å². The van der Waals surface area contributed by atoms with Crippen LogP contribution in [0.15, 0.2) is 28.7 Å². The van der Waals surface area contributed by atoms with Crippen LogP contribution in [0.4, 0.5) is 5.69 Å². The molecule has 104 valence electrons. The second-order valence-electron chi connectivity index (χ2n) is 4.97. The lowest BCUT2D eigenvalue weighted by molar-refractivity contribution is -0.149. The third kappa shape index (κ3) is 4.23. The van der Waals surface area contributed by atoms with Crippen molar-refractivity contribution in [1.82, 2.24) is 0 Å². The number of rotatable bonds is 4. The van der Waals surface area contributed by atoms with E-state index in [1.54, 1.807) is 0 Å². The molecule has 0 aromatic heterocycles. The van der Waals surface area contributed by atoms with Crippen molar-refractivity contribution in [2.45, 2.75) is 38.6 Å². The molecule has 2 rings (SSSR count). The molecule has 0 heterocycles. The van der Waals surface area contributed by atoms with Crippen molar-refractivity contribution in [3.8, 4) is 0 Å². The van der Waals surface area contributed by atoms with Crippen LogP contribution < -0.4 is 5.32 Å². The summed E-state index contributed by atoms with van der Waals surface area (Å²) in [7, 11) is 0. The molecule has 1 fully saturated rings. The molecule has 0 bridgehead atoms. The molecule has 1 aromatic carbocycles. The Labute approximate surface area is 122 Å². The molecular formula is C15H20BrNO2. The van der Waals surface area contributed by atoms with Gasteiger partial charge in [0.2, 0.25) is 0 Å². The van der Waals surface area contributed by atoms with Gasteiger partial charge in [-0.1, -0.05) is 28.4 Å². The van der Waals surface area contributed by atoms with Gasteiger partial charge in [-0.15, -0.1) is 0 Å². The first-order chi connectivity index (χ1) is 9.19. The lowest BCUT2D eigenvalue weighted by atomic mass is 9.85. The Kier molecular flexibility index (Phi) is 5.25. The normalized spacial score (nSPS) is 22.8. The van der Waals surface area contributed by atoms with Gasteiger partial charge < -0.3 is 10.1 Å². The quantitative estimate of drug-likeness (QED) is 0.851. The maximum atomic E-state index is 11.8. The van der Waals surface area contributed by atoms with Gasteiger partial charge in [0.05, 0.1) is 12.5 Å². The summed E-state index contributed by atoms with van der Waals surface area (Å²) >= 11 is 3.47. The van der Waals surface area contributed by atoms with Crippen LogP contribution >= 0.6 is 15.9 Å². The summed E-state index contributed by atoms with van der Waals surface area (Å²) in [5.74, 6) is 0.0154. The van der Waals surface area contributed by atoms with Crippen LogP contribution in [0.5, 0.6) is 0 Å². The molecule has 1 aromatic rings. The highest BCUT2D eigenvalue weighted by atomic mass is 79.9. The molecule has 1 aliphatic rings. The summed E-state index contributed by atoms with van der Waals surface area (Å²) < 4.78 is 6.19. The van der Waals surface area contributed by atoms with E-state index < -0.39 is 0 Å². The fourth-order valence-corrected chi connectivity index (χ4v) is 3.01. The maximum Gasteiger partial charge on any atom is 0.308 e. The maximum absolute atomic E-state index is 11.8. The standard InChI is InChI=1S/C15H20BrNO2/c1-2-19-15(18)11-5-3-7-13(9-11)17-14-8-4-6-12(16)10-14/h4,6,8,10-11,13,17H,2-3,5,7,9H2,1H3. The van der Waals surface area contributed by atoms with E-state index in [-0.39, 0.29) is 11.9 Å². The van der Waals surface area contributed by atoms with Crippen molar-refractivity contribution in [2.24, 2.45) is 5.92 Å². The Hall–Kier alpha value is -1.03. The van der Waals surface area contributed by atoms with Gasteiger partial charge in [-0.05, 0) is 44.4 Å². The smallest absolute Gasteiger partial charge is 0.308 e. The highest BCUT2D eigenvalue weighted by Crippen LogP contribution is 2.28. The third-order valence-corrected chi connectivity index (χ3v) is 3.98. The number of benzene rings is 1. The summed E-state index contributed by atoms with van der Waals surface area (Å²) in [6.07, 6.45) is 4.01. The fraction of sp³-hybridized carbons (Fsp3) is 0.533. The predicted octanol–water partition coefficient (Wildman–Crippen LogP) is 3.98. The molecule has 2 unspecified atom stereocenters. The minimum absolute atomic E-state index is 0.0387. The molecule has 0 spiro atoms. The largest absolute Gasteiger partial charge is 0.466 e. The van der Waals surface area contributed by atoms with E-state index in [1.165, 1.54) is 0 Å². The first-order valence-corrected chi connectivity index (χ1v) is 7.67. The highest BCUT2D eigenvalue weighted by Gasteiger charge is 2.28. The van der Waals surface area contributed by atoms with Crippen LogP contribution in [0, 0.1) is 5.92 Å². The average Bonchev–Trinajstić information content (AvgIpc) is 2.39. The second-order valence-corrected chi connectivity index (χ2v) is 5.88. The van der Waals surface area contributed by atoms with Crippen LogP contribution in [-0.4, -0.2) is 18.6 Å². The lowest BCUT2D eigenvalue weighted by Gasteiger charge is -2.29. The molecule has 0 saturated heterocycles. The SMILES string of the molecule is CCOC(=O)C1CCCC(Nc2cccc(Br)c2)C1. The first-order valence-electron chi connectivity index (χ1n) is 6.87. The van der Waals surface area contributed by atoms with Gasteiger partial charge in [-0.3, -0.25) is 4.79 Å². The van der Waals surface area contributed by atoms with Gasteiger partial charge in [0.1, 0.15) is 0 Å². The van der Waals surface area contributed by atoms with Gasteiger partial charge in [0.25, 0.3) is 0 Å². The van der Waals surface area contributed by atoms with Crippen molar-refractivity contribution in [3.05, 3.63) is 28.7 Å². The van der Waals surface area contributed by atoms with E-state index in [4.69, 9.17) is 4.74 Å². The molecule has 1 aliphatic carbocycles. The summed E-state index contributed by atoms with van der Waals surface area (Å²) in [5.41, 5.74) is 1.10. The van der Waals surface area contributed by atoms with Gasteiger partial charge in [0.15, 0.2) is 0 Å². The molecular weight excluding hydrogens is 306 g/mol. The number of ether oxygens (including phenoxy) is 1. The fourth-order valence-electron chi connectivity index (χ4n) is 2.61. The number of hydrogen-bond acceptors (Lipinski definition) is 3. The Morgan fingerprint density at radius 3 is 3.05 bits per heavy atom. The first kappa shape index (κ1) is 14.4. The molecule has 0 radical (unpaired) electrons. The van der Waals surface area contributed by atoms with E-state index in [2.05, 4.69) is 33.4 Å². The number of esters is 1. The summed E-state index contributed by atoms with van der Waals surface area (Å²) in [6, 6.07) is 8.50. The number of anilines is 1. The van der Waals surface area contributed by atoms with E-state index in [1.807, 2.05) is 19.1 Å². The molecule has 19 heavy (non-hydrogen) atoms. The highest BCUT2D eigenvalue weighted by molar-refractivity contribution is 9.10. The van der Waals surface area contributed by atoms with Gasteiger partial charge >= 0.3 is 5.97 Å². The average molecular weight is 326 g/mol. The van der Waals surface area contributed by atoms with Crippen molar-refractivity contribution in [1.29, 1.82) is 0 Å². The molecule has 2 atom stereocenters. The zero-order chi connectivity index (χ0) is 13.7. The number of carbonyl (C=O) groups excluding carboxylic acids is 1. The zero-order valence-electron chi connectivity index (χ0n) is 11.2. The van der Waals surface area contributed by atoms with E-state index >= 15 is 0 Å². The van der Waals surface area contributed by atoms with Crippen LogP contribution in [0.1, 0.15) is 32.6 Å². The molecule has 3 nitrogen and oxygen atoms in total. The Bertz CT molecular complexity index is 436. The van der Waals surface area contributed by atoms with Crippen molar-refractivity contribution >= 4 is 27.6 Å². The van der Waals surface area contributed by atoms with Gasteiger partial charge in [0, 0.05) is 16.2 Å². The number of carbonyl (C=O) groups is 1. The summed E-state index contributed by atoms with van der Waals surface area (Å²) in [6.45, 7) is 2.33. The Morgan fingerprint density at radius 1 is 1.47 bits per heavy atom. The van der Waals surface area contributed by atoms with Crippen LogP contribution in [0.3, 0.4) is 0 Å².